The highest BCUT2D eigenvalue weighted by Crippen LogP contribution is 2.23. The molecule has 0 bridgehead atoms. The van der Waals surface area contributed by atoms with Gasteiger partial charge in [0.1, 0.15) is 10.7 Å². The van der Waals surface area contributed by atoms with Gasteiger partial charge in [0, 0.05) is 6.08 Å². The highest BCUT2D eigenvalue weighted by molar-refractivity contribution is 7.17. The maximum absolute atomic E-state index is 13.0. The number of thiazole rings is 1. The van der Waals surface area contributed by atoms with E-state index < -0.39 is 11.9 Å². The van der Waals surface area contributed by atoms with Gasteiger partial charge in [-0.05, 0) is 37.6 Å². The summed E-state index contributed by atoms with van der Waals surface area (Å²) in [5.74, 6) is -1.25. The molecule has 1 aromatic heterocycles. The van der Waals surface area contributed by atoms with E-state index in [2.05, 4.69) is 10.3 Å². The Balaban J connectivity index is 2.03. The van der Waals surface area contributed by atoms with Crippen molar-refractivity contribution in [3.8, 4) is 0 Å². The van der Waals surface area contributed by atoms with Crippen molar-refractivity contribution in [3.05, 3.63) is 52.3 Å². The first-order valence-corrected chi connectivity index (χ1v) is 7.70. The SMILES string of the molecule is CCOC(=O)c1sc(NC(=O)C=Cc2cccc(F)c2)nc1C. The van der Waals surface area contributed by atoms with E-state index >= 15 is 0 Å². The van der Waals surface area contributed by atoms with E-state index in [9.17, 15) is 14.0 Å². The summed E-state index contributed by atoms with van der Waals surface area (Å²) in [6.07, 6.45) is 2.76. The van der Waals surface area contributed by atoms with E-state index in [1.165, 1.54) is 24.3 Å². The van der Waals surface area contributed by atoms with E-state index in [-0.39, 0.29) is 12.4 Å². The largest absolute Gasteiger partial charge is 0.462 e. The number of carbonyl (C=O) groups is 2. The van der Waals surface area contributed by atoms with E-state index in [1.807, 2.05) is 0 Å². The van der Waals surface area contributed by atoms with Crippen LogP contribution in [0.5, 0.6) is 0 Å². The molecule has 5 nitrogen and oxygen atoms in total. The maximum atomic E-state index is 13.0. The number of nitrogens with zero attached hydrogens (tertiary/aromatic N) is 1. The number of ether oxygens (including phenoxy) is 1. The number of amides is 1. The second kappa shape index (κ2) is 7.64. The van der Waals surface area contributed by atoms with Crippen LogP contribution < -0.4 is 5.32 Å². The Kier molecular flexibility index (Phi) is 5.59. The number of hydrogen-bond donors (Lipinski definition) is 1. The molecule has 23 heavy (non-hydrogen) atoms. The van der Waals surface area contributed by atoms with Gasteiger partial charge in [-0.3, -0.25) is 10.1 Å². The van der Waals surface area contributed by atoms with Crippen LogP contribution in [0.1, 0.15) is 27.9 Å². The molecule has 1 amide bonds. The number of aryl methyl sites for hydroxylation is 1. The van der Waals surface area contributed by atoms with Crippen LogP contribution in [0.25, 0.3) is 6.08 Å². The van der Waals surface area contributed by atoms with E-state index in [0.29, 0.717) is 21.3 Å². The minimum atomic E-state index is -0.460. The van der Waals surface area contributed by atoms with Gasteiger partial charge in [0.05, 0.1) is 12.3 Å². The second-order valence-corrected chi connectivity index (χ2v) is 5.53. The normalized spacial score (nSPS) is 10.7. The summed E-state index contributed by atoms with van der Waals surface area (Å²) >= 11 is 1.05. The molecule has 0 aliphatic carbocycles. The summed E-state index contributed by atoms with van der Waals surface area (Å²) in [5.41, 5.74) is 1.07. The Morgan fingerprint density at radius 2 is 2.22 bits per heavy atom. The van der Waals surface area contributed by atoms with Crippen molar-refractivity contribution in [2.45, 2.75) is 13.8 Å². The van der Waals surface area contributed by atoms with Gasteiger partial charge in [-0.25, -0.2) is 14.2 Å². The number of anilines is 1. The Labute approximate surface area is 136 Å². The van der Waals surface area contributed by atoms with E-state index in [4.69, 9.17) is 4.74 Å². The molecule has 0 saturated carbocycles. The van der Waals surface area contributed by atoms with Crippen molar-refractivity contribution in [1.82, 2.24) is 4.98 Å². The molecule has 0 atom stereocenters. The van der Waals surface area contributed by atoms with Crippen LogP contribution in [0.3, 0.4) is 0 Å². The Morgan fingerprint density at radius 3 is 2.91 bits per heavy atom. The van der Waals surface area contributed by atoms with Gasteiger partial charge >= 0.3 is 5.97 Å². The predicted molar refractivity (Wildman–Crippen MR) is 86.9 cm³/mol. The third kappa shape index (κ3) is 4.72. The lowest BCUT2D eigenvalue weighted by atomic mass is 10.2. The Morgan fingerprint density at radius 1 is 1.43 bits per heavy atom. The van der Waals surface area contributed by atoms with Gasteiger partial charge in [0.2, 0.25) is 5.91 Å². The molecule has 1 N–H and O–H groups in total. The average molecular weight is 334 g/mol. The van der Waals surface area contributed by atoms with E-state index in [1.54, 1.807) is 26.0 Å². The third-order valence-electron chi connectivity index (χ3n) is 2.76. The zero-order chi connectivity index (χ0) is 16.8. The quantitative estimate of drug-likeness (QED) is 0.672. The lowest BCUT2D eigenvalue weighted by Gasteiger charge is -1.98. The first-order chi connectivity index (χ1) is 11.0. The van der Waals surface area contributed by atoms with Crippen molar-refractivity contribution in [3.63, 3.8) is 0 Å². The zero-order valence-electron chi connectivity index (χ0n) is 12.6. The van der Waals surface area contributed by atoms with Crippen molar-refractivity contribution in [2.75, 3.05) is 11.9 Å². The van der Waals surface area contributed by atoms with Crippen LogP contribution in [0.2, 0.25) is 0 Å². The van der Waals surface area contributed by atoms with Gasteiger partial charge in [-0.1, -0.05) is 23.5 Å². The molecule has 0 fully saturated rings. The molecule has 1 heterocycles. The molecule has 0 saturated heterocycles. The number of carbonyl (C=O) groups excluding carboxylic acids is 2. The summed E-state index contributed by atoms with van der Waals surface area (Å²) in [6, 6.07) is 5.88. The van der Waals surface area contributed by atoms with Crippen molar-refractivity contribution >= 4 is 34.4 Å². The third-order valence-corrected chi connectivity index (χ3v) is 3.82. The molecule has 0 aliphatic heterocycles. The second-order valence-electron chi connectivity index (χ2n) is 4.53. The number of halogens is 1. The average Bonchev–Trinajstić information content (AvgIpc) is 2.86. The fourth-order valence-corrected chi connectivity index (χ4v) is 2.63. The van der Waals surface area contributed by atoms with Crippen LogP contribution in [0.4, 0.5) is 9.52 Å². The Hall–Kier alpha value is -2.54. The molecule has 1 aromatic carbocycles. The van der Waals surface area contributed by atoms with Gasteiger partial charge in [0.25, 0.3) is 0 Å². The molecule has 2 aromatic rings. The molecule has 0 aliphatic rings. The van der Waals surface area contributed by atoms with Crippen LogP contribution in [-0.2, 0) is 9.53 Å². The fraction of sp³-hybridized carbons (Fsp3) is 0.188. The number of rotatable bonds is 5. The molecule has 7 heteroatoms. The van der Waals surface area contributed by atoms with Crippen molar-refractivity contribution in [2.24, 2.45) is 0 Å². The predicted octanol–water partition coefficient (Wildman–Crippen LogP) is 3.42. The fourth-order valence-electron chi connectivity index (χ4n) is 1.77. The smallest absolute Gasteiger partial charge is 0.350 e. The van der Waals surface area contributed by atoms with Gasteiger partial charge in [-0.15, -0.1) is 0 Å². The van der Waals surface area contributed by atoms with Crippen LogP contribution >= 0.6 is 11.3 Å². The lowest BCUT2D eigenvalue weighted by molar-refractivity contribution is -0.111. The number of esters is 1. The summed E-state index contributed by atoms with van der Waals surface area (Å²) < 4.78 is 18.0. The molecule has 0 spiro atoms. The maximum Gasteiger partial charge on any atom is 0.350 e. The number of hydrogen-bond acceptors (Lipinski definition) is 5. The summed E-state index contributed by atoms with van der Waals surface area (Å²) in [6.45, 7) is 3.66. The first kappa shape index (κ1) is 16.8. The Bertz CT molecular complexity index is 756. The minimum absolute atomic E-state index is 0.272. The lowest BCUT2D eigenvalue weighted by Crippen LogP contribution is -2.07. The standard InChI is InChI=1S/C16H15FN2O3S/c1-3-22-15(21)14-10(2)18-16(23-14)19-13(20)8-7-11-5-4-6-12(17)9-11/h4-9H,3H2,1-2H3,(H,18,19,20). The van der Waals surface area contributed by atoms with Crippen LogP contribution in [-0.4, -0.2) is 23.5 Å². The monoisotopic (exact) mass is 334 g/mol. The molecular weight excluding hydrogens is 319 g/mol. The summed E-state index contributed by atoms with van der Waals surface area (Å²) in [7, 11) is 0. The van der Waals surface area contributed by atoms with Crippen molar-refractivity contribution in [1.29, 1.82) is 0 Å². The zero-order valence-corrected chi connectivity index (χ0v) is 13.4. The topological polar surface area (TPSA) is 68.3 Å². The highest BCUT2D eigenvalue weighted by Gasteiger charge is 2.16. The minimum Gasteiger partial charge on any atom is -0.462 e. The van der Waals surface area contributed by atoms with Gasteiger partial charge < -0.3 is 4.74 Å². The highest BCUT2D eigenvalue weighted by atomic mass is 32.1. The molecule has 120 valence electrons. The first-order valence-electron chi connectivity index (χ1n) is 6.88. The summed E-state index contributed by atoms with van der Waals surface area (Å²) in [5, 5.41) is 2.87. The van der Waals surface area contributed by atoms with Crippen LogP contribution in [0, 0.1) is 12.7 Å². The molecule has 0 unspecified atom stereocenters. The summed E-state index contributed by atoms with van der Waals surface area (Å²) in [4.78, 5) is 28.0. The van der Waals surface area contributed by atoms with E-state index in [0.717, 1.165) is 11.3 Å². The molecular formula is C16H15FN2O3S. The molecule has 2 rings (SSSR count). The van der Waals surface area contributed by atoms with Gasteiger partial charge in [0.15, 0.2) is 5.13 Å². The molecule has 0 radical (unpaired) electrons. The van der Waals surface area contributed by atoms with Crippen molar-refractivity contribution < 1.29 is 18.7 Å². The number of nitrogens with one attached hydrogen (secondary N) is 1. The van der Waals surface area contributed by atoms with Gasteiger partial charge in [-0.2, -0.15) is 0 Å². The van der Waals surface area contributed by atoms with Crippen LogP contribution in [0.15, 0.2) is 30.3 Å². The number of benzene rings is 1. The number of aromatic nitrogens is 1.